The fraction of sp³-hybridized carbons (Fsp3) is 0.556. The molecule has 0 radical (unpaired) electrons. The van der Waals surface area contributed by atoms with E-state index >= 15 is 26.3 Å². The van der Waals surface area contributed by atoms with Gasteiger partial charge in [-0.15, -0.1) is 0 Å². The second kappa shape index (κ2) is 11.9. The highest BCUT2D eigenvalue weighted by Crippen LogP contribution is 2.60. The molecule has 0 aliphatic heterocycles. The van der Waals surface area contributed by atoms with Crippen LogP contribution in [0.4, 0.5) is 26.3 Å². The number of alkyl halides is 6. The molecule has 0 saturated heterocycles. The van der Waals surface area contributed by atoms with Crippen LogP contribution in [0.25, 0.3) is 0 Å². The van der Waals surface area contributed by atoms with E-state index in [0.717, 1.165) is 24.3 Å². The van der Waals surface area contributed by atoms with Crippen molar-refractivity contribution in [2.24, 2.45) is 0 Å². The number of hydrogen-bond donors (Lipinski definition) is 4. The molecule has 0 unspecified atom stereocenters. The van der Waals surface area contributed by atoms with Crippen LogP contribution in [0.5, 0.6) is 0 Å². The molecule has 0 fully saturated rings. The highest BCUT2D eigenvalue weighted by atomic mass is 31.2. The van der Waals surface area contributed by atoms with E-state index in [9.17, 15) is 19.6 Å². The SMILES string of the molecule is CC(C)c1c(P(O)O)ccc(C(c2ccc(P(O)O)c(C(C)C)c2C(C)C)(C(F)(F)F)C(F)(F)F)c1C(C)C. The lowest BCUT2D eigenvalue weighted by molar-refractivity contribution is -0.289. The molecule has 12 heteroatoms. The van der Waals surface area contributed by atoms with Gasteiger partial charge in [-0.25, -0.2) is 0 Å². The summed E-state index contributed by atoms with van der Waals surface area (Å²) >= 11 is 0. The fourth-order valence-corrected chi connectivity index (χ4v) is 7.23. The second-order valence-corrected chi connectivity index (χ2v) is 13.0. The molecule has 2 aromatic carbocycles. The Labute approximate surface area is 227 Å². The van der Waals surface area contributed by atoms with Crippen LogP contribution in [0.1, 0.15) is 112 Å². The van der Waals surface area contributed by atoms with Crippen LogP contribution in [-0.4, -0.2) is 31.9 Å². The third-order valence-electron chi connectivity index (χ3n) is 6.93. The smallest absolute Gasteiger partial charge is 0.347 e. The zero-order valence-corrected chi connectivity index (χ0v) is 24.9. The van der Waals surface area contributed by atoms with E-state index in [1.807, 2.05) is 0 Å². The average molecular weight is 601 g/mol. The van der Waals surface area contributed by atoms with Crippen molar-refractivity contribution in [2.45, 2.75) is 96.8 Å². The fourth-order valence-electron chi connectivity index (χ4n) is 5.63. The van der Waals surface area contributed by atoms with Gasteiger partial charge >= 0.3 is 12.4 Å². The van der Waals surface area contributed by atoms with Crippen molar-refractivity contribution in [3.05, 3.63) is 57.6 Å². The first kappa shape index (κ1) is 33.9. The lowest BCUT2D eigenvalue weighted by atomic mass is 9.65. The molecule has 0 aromatic heterocycles. The van der Waals surface area contributed by atoms with E-state index in [1.54, 1.807) is 27.7 Å². The van der Waals surface area contributed by atoms with Gasteiger partial charge in [-0.3, -0.25) is 0 Å². The summed E-state index contributed by atoms with van der Waals surface area (Å²) in [6.07, 6.45) is -11.8. The predicted octanol–water partition coefficient (Wildman–Crippen LogP) is 7.43. The first-order chi connectivity index (χ1) is 17.6. The maximum atomic E-state index is 15.4. The Kier molecular flexibility index (Phi) is 10.4. The van der Waals surface area contributed by atoms with Crippen molar-refractivity contribution < 1.29 is 45.9 Å². The van der Waals surface area contributed by atoms with Gasteiger partial charge in [0.05, 0.1) is 0 Å². The molecule has 2 aromatic rings. The molecule has 0 atom stereocenters. The summed E-state index contributed by atoms with van der Waals surface area (Å²) in [5.74, 6) is -2.92. The normalized spacial score (nSPS) is 13.7. The molecule has 2 rings (SSSR count). The summed E-state index contributed by atoms with van der Waals surface area (Å²) < 4.78 is 92.4. The van der Waals surface area contributed by atoms with Gasteiger partial charge < -0.3 is 19.6 Å². The first-order valence-corrected chi connectivity index (χ1v) is 15.0. The zero-order valence-electron chi connectivity index (χ0n) is 23.1. The van der Waals surface area contributed by atoms with Crippen molar-refractivity contribution in [3.63, 3.8) is 0 Å². The third kappa shape index (κ3) is 5.89. The van der Waals surface area contributed by atoms with E-state index in [-0.39, 0.29) is 32.9 Å². The molecule has 4 nitrogen and oxygen atoms in total. The van der Waals surface area contributed by atoms with Crippen LogP contribution in [0.2, 0.25) is 0 Å². The zero-order chi connectivity index (χ0) is 30.4. The number of hydrogen-bond acceptors (Lipinski definition) is 4. The molecule has 220 valence electrons. The minimum atomic E-state index is -5.88. The molecule has 0 spiro atoms. The molecule has 39 heavy (non-hydrogen) atoms. The Balaban J connectivity index is 3.43. The number of benzene rings is 2. The molecule has 0 aliphatic rings. The number of halogens is 6. The van der Waals surface area contributed by atoms with Crippen molar-refractivity contribution in [2.75, 3.05) is 0 Å². The third-order valence-corrected chi connectivity index (χ3v) is 8.57. The molecule has 0 amide bonds. The van der Waals surface area contributed by atoms with Crippen LogP contribution in [-0.2, 0) is 5.41 Å². The Morgan fingerprint density at radius 3 is 0.923 bits per heavy atom. The molecule has 4 N–H and O–H groups in total. The average Bonchev–Trinajstić information content (AvgIpc) is 2.75. The molecule has 0 aliphatic carbocycles. The summed E-state index contributed by atoms with van der Waals surface area (Å²) in [4.78, 5) is 40.1. The van der Waals surface area contributed by atoms with Gasteiger partial charge in [0.2, 0.25) is 5.41 Å². The van der Waals surface area contributed by atoms with E-state index in [0.29, 0.717) is 0 Å². The predicted molar refractivity (Wildman–Crippen MR) is 144 cm³/mol. The van der Waals surface area contributed by atoms with E-state index in [1.165, 1.54) is 27.7 Å². The summed E-state index contributed by atoms with van der Waals surface area (Å²) in [5, 5.41) is -0.196. The van der Waals surface area contributed by atoms with Gasteiger partial charge in [-0.05, 0) is 69.2 Å². The monoisotopic (exact) mass is 600 g/mol. The maximum Gasteiger partial charge on any atom is 0.411 e. The van der Waals surface area contributed by atoms with Crippen molar-refractivity contribution in [3.8, 4) is 0 Å². The van der Waals surface area contributed by atoms with Crippen LogP contribution in [0.15, 0.2) is 24.3 Å². The van der Waals surface area contributed by atoms with Crippen LogP contribution < -0.4 is 10.6 Å². The van der Waals surface area contributed by atoms with Crippen LogP contribution in [0, 0.1) is 0 Å². The van der Waals surface area contributed by atoms with Gasteiger partial charge in [0.15, 0.2) is 16.8 Å². The van der Waals surface area contributed by atoms with Crippen LogP contribution >= 0.6 is 16.8 Å². The van der Waals surface area contributed by atoms with Crippen LogP contribution in [0.3, 0.4) is 0 Å². The topological polar surface area (TPSA) is 80.9 Å². The summed E-state index contributed by atoms with van der Waals surface area (Å²) in [6, 6.07) is 3.33. The Morgan fingerprint density at radius 2 is 0.744 bits per heavy atom. The minimum Gasteiger partial charge on any atom is -0.347 e. The molecule has 0 saturated carbocycles. The Hall–Kier alpha value is -1.28. The van der Waals surface area contributed by atoms with Gasteiger partial charge in [-0.1, -0.05) is 67.5 Å². The van der Waals surface area contributed by atoms with Gasteiger partial charge in [0, 0.05) is 10.6 Å². The minimum absolute atomic E-state index is 0.0394. The van der Waals surface area contributed by atoms with E-state index in [2.05, 4.69) is 0 Å². The maximum absolute atomic E-state index is 15.4. The highest BCUT2D eigenvalue weighted by molar-refractivity contribution is 7.54. The highest BCUT2D eigenvalue weighted by Gasteiger charge is 2.74. The van der Waals surface area contributed by atoms with Crippen molar-refractivity contribution in [1.29, 1.82) is 0 Å². The Morgan fingerprint density at radius 1 is 0.487 bits per heavy atom. The first-order valence-electron chi connectivity index (χ1n) is 12.5. The van der Waals surface area contributed by atoms with Gasteiger partial charge in [-0.2, -0.15) is 26.3 Å². The Bertz CT molecular complexity index is 1080. The quantitative estimate of drug-likeness (QED) is 0.188. The number of rotatable bonds is 8. The summed E-state index contributed by atoms with van der Waals surface area (Å²) in [7, 11) is -5.61. The largest absolute Gasteiger partial charge is 0.411 e. The molecule has 0 heterocycles. The van der Waals surface area contributed by atoms with Gasteiger partial charge in [0.1, 0.15) is 0 Å². The second-order valence-electron chi connectivity index (χ2n) is 10.9. The standard InChI is InChI=1S/C27H36F6O4P2/c1-13(2)21-17(9-11-19(38(34)35)23(21)15(5)6)25(26(28,29)30,27(31,32)33)18-10-12-20(39(36)37)24(16(7)8)22(18)14(3)4/h9-16,34-37H,1-8H3. The van der Waals surface area contributed by atoms with Crippen molar-refractivity contribution in [1.82, 2.24) is 0 Å². The lowest BCUT2D eigenvalue weighted by Gasteiger charge is -2.43. The summed E-state index contributed by atoms with van der Waals surface area (Å²) in [6.45, 7) is 12.2. The lowest BCUT2D eigenvalue weighted by Crippen LogP contribution is -2.56. The van der Waals surface area contributed by atoms with Gasteiger partial charge in [0.25, 0.3) is 0 Å². The molecular weight excluding hydrogens is 564 g/mol. The van der Waals surface area contributed by atoms with Crippen molar-refractivity contribution >= 4 is 27.4 Å². The van der Waals surface area contributed by atoms with E-state index < -0.39 is 69.3 Å². The molecular formula is C27H36F6O4P2. The molecule has 0 bridgehead atoms. The van der Waals surface area contributed by atoms with E-state index in [4.69, 9.17) is 0 Å². The summed E-state index contributed by atoms with van der Waals surface area (Å²) in [5.41, 5.74) is -6.96.